The zero-order valence-corrected chi connectivity index (χ0v) is 15.0. The van der Waals surface area contributed by atoms with Crippen LogP contribution in [0.2, 0.25) is 0 Å². The van der Waals surface area contributed by atoms with Gasteiger partial charge in [0.2, 0.25) is 0 Å². The molecule has 4 heteroatoms. The summed E-state index contributed by atoms with van der Waals surface area (Å²) in [5.41, 5.74) is 6.73. The Morgan fingerprint density at radius 1 is 1.00 bits per heavy atom. The maximum Gasteiger partial charge on any atom is 0.250 e. The average Bonchev–Trinajstić information content (AvgIpc) is 2.72. The third kappa shape index (κ3) is 2.68. The first-order valence-corrected chi connectivity index (χ1v) is 8.60. The lowest BCUT2D eigenvalue weighted by Crippen LogP contribution is -2.17. The van der Waals surface area contributed by atoms with Gasteiger partial charge in [-0.05, 0) is 49.2 Å². The number of halogens is 1. The van der Waals surface area contributed by atoms with Gasteiger partial charge in [0.05, 0.1) is 11.8 Å². The average molecular weight is 346 g/mol. The van der Waals surface area contributed by atoms with Crippen molar-refractivity contribution in [2.45, 2.75) is 19.9 Å². The van der Waals surface area contributed by atoms with Crippen LogP contribution in [0, 0.1) is 12.7 Å². The number of pyridine rings is 1. The highest BCUT2D eigenvalue weighted by Gasteiger charge is 2.23. The van der Waals surface area contributed by atoms with Crippen LogP contribution in [0.3, 0.4) is 0 Å². The molecule has 0 aliphatic carbocycles. The van der Waals surface area contributed by atoms with Crippen molar-refractivity contribution < 1.29 is 4.39 Å². The Morgan fingerprint density at radius 2 is 1.73 bits per heavy atom. The molecule has 0 unspecified atom stereocenters. The molecular formula is C22H19FN2O. The van der Waals surface area contributed by atoms with E-state index < -0.39 is 0 Å². The Morgan fingerprint density at radius 3 is 2.46 bits per heavy atom. The van der Waals surface area contributed by atoms with Crippen LogP contribution in [0.1, 0.15) is 35.2 Å². The van der Waals surface area contributed by atoms with Gasteiger partial charge < -0.3 is 4.57 Å². The molecule has 3 aromatic rings. The summed E-state index contributed by atoms with van der Waals surface area (Å²) < 4.78 is 15.0. The summed E-state index contributed by atoms with van der Waals surface area (Å²) in [6, 6.07) is 14.1. The number of hydrogen-bond acceptors (Lipinski definition) is 2. The largest absolute Gasteiger partial charge is 0.318 e. The highest BCUT2D eigenvalue weighted by molar-refractivity contribution is 6.17. The number of nitrogens with zero attached hydrogens (tertiary/aromatic N) is 2. The third-order valence-electron chi connectivity index (χ3n) is 4.87. The van der Waals surface area contributed by atoms with E-state index in [0.717, 1.165) is 39.1 Å². The van der Waals surface area contributed by atoms with Crippen molar-refractivity contribution in [2.75, 3.05) is 0 Å². The molecule has 0 saturated carbocycles. The zero-order valence-electron chi connectivity index (χ0n) is 15.0. The summed E-state index contributed by atoms with van der Waals surface area (Å²) in [5.74, 6) is -0.272. The van der Waals surface area contributed by atoms with Crippen LogP contribution in [-0.4, -0.2) is 10.3 Å². The number of rotatable bonds is 1. The quantitative estimate of drug-likeness (QED) is 0.642. The molecule has 0 saturated heterocycles. The fourth-order valence-corrected chi connectivity index (χ4v) is 3.47. The number of benzene rings is 2. The van der Waals surface area contributed by atoms with Gasteiger partial charge in [-0.15, -0.1) is 0 Å². The molecule has 1 aromatic heterocycles. The van der Waals surface area contributed by atoms with Crippen molar-refractivity contribution >= 4 is 5.71 Å². The van der Waals surface area contributed by atoms with Crippen molar-refractivity contribution in [1.82, 2.24) is 4.57 Å². The summed E-state index contributed by atoms with van der Waals surface area (Å²) in [4.78, 5) is 17.1. The Labute approximate surface area is 151 Å². The first kappa shape index (κ1) is 16.5. The molecule has 26 heavy (non-hydrogen) atoms. The Kier molecular flexibility index (Phi) is 3.83. The Bertz CT molecular complexity index is 1090. The summed E-state index contributed by atoms with van der Waals surface area (Å²) in [6.45, 7) is 4.03. The highest BCUT2D eigenvalue weighted by atomic mass is 19.1. The van der Waals surface area contributed by atoms with Gasteiger partial charge in [0.15, 0.2) is 0 Å². The van der Waals surface area contributed by atoms with E-state index in [4.69, 9.17) is 4.99 Å². The Hall–Kier alpha value is -3.01. The molecule has 1 aliphatic rings. The van der Waals surface area contributed by atoms with E-state index in [2.05, 4.69) is 18.2 Å². The van der Waals surface area contributed by atoms with Crippen molar-refractivity contribution in [3.8, 4) is 11.1 Å². The topological polar surface area (TPSA) is 34.4 Å². The summed E-state index contributed by atoms with van der Waals surface area (Å²) in [5, 5.41) is 0. The predicted molar refractivity (Wildman–Crippen MR) is 102 cm³/mol. The van der Waals surface area contributed by atoms with Crippen LogP contribution in [-0.2, 0) is 7.05 Å². The lowest BCUT2D eigenvalue weighted by Gasteiger charge is -2.14. The molecule has 1 aliphatic heterocycles. The van der Waals surface area contributed by atoms with E-state index in [-0.39, 0.29) is 17.4 Å². The van der Waals surface area contributed by atoms with Crippen LogP contribution < -0.4 is 5.56 Å². The second kappa shape index (κ2) is 6.06. The maximum atomic E-state index is 13.4. The standard InChI is InChI=1S/C22H19FN2O/c1-13-4-9-17-19(10-13)20-12-25(3)21(26)11-18(20)14(2)24-22(17)15-5-7-16(23)8-6-15/h4-12,14H,1-3H3/t14-/m0/s1. The van der Waals surface area contributed by atoms with Gasteiger partial charge >= 0.3 is 0 Å². The van der Waals surface area contributed by atoms with Crippen LogP contribution in [0.25, 0.3) is 11.1 Å². The van der Waals surface area contributed by atoms with Gasteiger partial charge in [-0.25, -0.2) is 4.39 Å². The molecule has 0 N–H and O–H groups in total. The van der Waals surface area contributed by atoms with E-state index in [9.17, 15) is 9.18 Å². The van der Waals surface area contributed by atoms with Crippen molar-refractivity contribution in [2.24, 2.45) is 12.0 Å². The van der Waals surface area contributed by atoms with Crippen LogP contribution in [0.5, 0.6) is 0 Å². The minimum Gasteiger partial charge on any atom is -0.318 e. The third-order valence-corrected chi connectivity index (χ3v) is 4.87. The van der Waals surface area contributed by atoms with Crippen molar-refractivity contribution in [3.63, 3.8) is 0 Å². The molecule has 0 radical (unpaired) electrons. The molecule has 3 nitrogen and oxygen atoms in total. The van der Waals surface area contributed by atoms with Gasteiger partial charge in [-0.3, -0.25) is 9.79 Å². The minimum atomic E-state index is -0.272. The van der Waals surface area contributed by atoms with Crippen LogP contribution >= 0.6 is 0 Å². The number of aromatic nitrogens is 1. The predicted octanol–water partition coefficient (Wildman–Crippen LogP) is 4.41. The molecular weight excluding hydrogens is 327 g/mol. The van der Waals surface area contributed by atoms with Gasteiger partial charge in [0.1, 0.15) is 5.82 Å². The highest BCUT2D eigenvalue weighted by Crippen LogP contribution is 2.37. The van der Waals surface area contributed by atoms with Gasteiger partial charge in [-0.2, -0.15) is 0 Å². The lowest BCUT2D eigenvalue weighted by atomic mass is 9.91. The molecule has 0 spiro atoms. The molecule has 0 bridgehead atoms. The Balaban J connectivity index is 2.05. The maximum absolute atomic E-state index is 13.4. The smallest absolute Gasteiger partial charge is 0.250 e. The fraction of sp³-hybridized carbons (Fsp3) is 0.182. The van der Waals surface area contributed by atoms with Crippen LogP contribution in [0.15, 0.2) is 64.5 Å². The molecule has 0 fully saturated rings. The van der Waals surface area contributed by atoms with Gasteiger partial charge in [0, 0.05) is 36.0 Å². The molecule has 4 rings (SSSR count). The normalized spacial score (nSPS) is 15.7. The molecule has 2 aromatic carbocycles. The monoisotopic (exact) mass is 346 g/mol. The van der Waals surface area contributed by atoms with E-state index in [1.54, 1.807) is 29.8 Å². The summed E-state index contributed by atoms with van der Waals surface area (Å²) in [7, 11) is 1.76. The molecule has 0 amide bonds. The van der Waals surface area contributed by atoms with E-state index in [1.165, 1.54) is 12.1 Å². The van der Waals surface area contributed by atoms with Crippen molar-refractivity contribution in [1.29, 1.82) is 0 Å². The van der Waals surface area contributed by atoms with Gasteiger partial charge in [-0.1, -0.05) is 23.8 Å². The number of aryl methyl sites for hydroxylation is 2. The number of fused-ring (bicyclic) bond motifs is 3. The van der Waals surface area contributed by atoms with Gasteiger partial charge in [0.25, 0.3) is 5.56 Å². The molecule has 1 atom stereocenters. The SMILES string of the molecule is Cc1ccc2c(c1)-c1cn(C)c(=O)cc1[C@H](C)N=C2c1ccc(F)cc1. The van der Waals surface area contributed by atoms with Crippen LogP contribution in [0.4, 0.5) is 4.39 Å². The second-order valence-electron chi connectivity index (χ2n) is 6.80. The van der Waals surface area contributed by atoms with E-state index in [1.807, 2.05) is 20.0 Å². The molecule has 2 heterocycles. The van der Waals surface area contributed by atoms with E-state index >= 15 is 0 Å². The summed E-state index contributed by atoms with van der Waals surface area (Å²) in [6.07, 6.45) is 1.88. The minimum absolute atomic E-state index is 0.0507. The second-order valence-corrected chi connectivity index (χ2v) is 6.80. The number of aliphatic imine (C=N–C) groups is 1. The van der Waals surface area contributed by atoms with Crippen molar-refractivity contribution in [3.05, 3.63) is 93.2 Å². The van der Waals surface area contributed by atoms with E-state index in [0.29, 0.717) is 0 Å². The summed E-state index contributed by atoms with van der Waals surface area (Å²) >= 11 is 0. The first-order valence-electron chi connectivity index (χ1n) is 8.60. The lowest BCUT2D eigenvalue weighted by molar-refractivity contribution is 0.628. The molecule has 130 valence electrons. The zero-order chi connectivity index (χ0) is 18.4. The first-order chi connectivity index (χ1) is 12.4. The number of hydrogen-bond donors (Lipinski definition) is 0. The fourth-order valence-electron chi connectivity index (χ4n) is 3.47.